The predicted molar refractivity (Wildman–Crippen MR) is 173 cm³/mol. The van der Waals surface area contributed by atoms with Gasteiger partial charge in [0.15, 0.2) is 0 Å². The van der Waals surface area contributed by atoms with Crippen LogP contribution >= 0.6 is 0 Å². The van der Waals surface area contributed by atoms with Gasteiger partial charge in [0.25, 0.3) is 0 Å². The second-order valence-electron chi connectivity index (χ2n) is 14.6. The molecule has 2 aliphatic heterocycles. The molecule has 2 bridgehead atoms. The van der Waals surface area contributed by atoms with Gasteiger partial charge < -0.3 is 0 Å². The minimum absolute atomic E-state index is 0.349. The first-order valence-corrected chi connectivity index (χ1v) is 17.2. The van der Waals surface area contributed by atoms with Crippen molar-refractivity contribution in [2.75, 3.05) is 4.90 Å². The zero-order valence-electron chi connectivity index (χ0n) is 28.7. The highest BCUT2D eigenvalue weighted by atomic mass is 19.4. The molecule has 0 spiro atoms. The molecular weight excluding hydrogens is 662 g/mol. The lowest BCUT2D eigenvalue weighted by molar-refractivity contribution is -0.147. The number of imide groups is 2. The van der Waals surface area contributed by atoms with Crippen molar-refractivity contribution in [1.29, 1.82) is 0 Å². The van der Waals surface area contributed by atoms with Gasteiger partial charge in [0.2, 0.25) is 23.6 Å². The van der Waals surface area contributed by atoms with E-state index in [0.29, 0.717) is 42.2 Å². The molecule has 0 radical (unpaired) electrons. The van der Waals surface area contributed by atoms with Crippen molar-refractivity contribution in [2.45, 2.75) is 90.5 Å². The van der Waals surface area contributed by atoms with E-state index in [0.717, 1.165) is 24.3 Å². The number of allylic oxidation sites excluding steroid dienone is 2. The molecule has 3 fully saturated rings. The number of anilines is 1. The first-order valence-electron chi connectivity index (χ1n) is 17.2. The van der Waals surface area contributed by atoms with Gasteiger partial charge in [-0.15, -0.1) is 0 Å². The summed E-state index contributed by atoms with van der Waals surface area (Å²) in [5.41, 5.74) is -5.55. The van der Waals surface area contributed by atoms with Crippen molar-refractivity contribution in [1.82, 2.24) is 4.90 Å². The molecule has 12 heteroatoms. The Morgan fingerprint density at radius 2 is 1.00 bits per heavy atom. The van der Waals surface area contributed by atoms with Crippen molar-refractivity contribution in [3.63, 3.8) is 0 Å². The van der Waals surface area contributed by atoms with Crippen LogP contribution in [0.25, 0.3) is 11.1 Å². The Kier molecular flexibility index (Phi) is 8.46. The van der Waals surface area contributed by atoms with Crippen LogP contribution in [0.5, 0.6) is 0 Å². The molecule has 1 saturated carbocycles. The summed E-state index contributed by atoms with van der Waals surface area (Å²) < 4.78 is 87.5. The minimum atomic E-state index is -5.15. The number of alkyl halides is 6. The molecule has 2 heterocycles. The predicted octanol–water partition coefficient (Wildman–Crippen LogP) is 8.57. The smallest absolute Gasteiger partial charge is 0.276 e. The Labute approximate surface area is 286 Å². The molecule has 268 valence electrons. The Morgan fingerprint density at radius 3 is 1.42 bits per heavy atom. The maximum absolute atomic E-state index is 14.7. The van der Waals surface area contributed by atoms with Crippen molar-refractivity contribution in [3.8, 4) is 11.1 Å². The molecule has 6 atom stereocenters. The lowest BCUT2D eigenvalue weighted by Crippen LogP contribution is -2.50. The van der Waals surface area contributed by atoms with Crippen LogP contribution in [0.15, 0.2) is 48.6 Å². The third-order valence-electron chi connectivity index (χ3n) is 12.5. The van der Waals surface area contributed by atoms with Crippen molar-refractivity contribution in [3.05, 3.63) is 65.2 Å². The summed E-state index contributed by atoms with van der Waals surface area (Å²) >= 11 is 0. The highest BCUT2D eigenvalue weighted by molar-refractivity contribution is 6.23. The number of hydrogen-bond donors (Lipinski definition) is 0. The molecule has 2 saturated heterocycles. The second kappa shape index (κ2) is 11.8. The molecule has 2 aromatic rings. The molecule has 6 nitrogen and oxygen atoms in total. The second-order valence-corrected chi connectivity index (χ2v) is 14.6. The molecule has 2 aromatic carbocycles. The summed E-state index contributed by atoms with van der Waals surface area (Å²) in [5.74, 6) is -7.99. The SMILES string of the molecule is CCC(C)(CC)c1ccc(-c2ccc(N3C(=O)[C@@H]4C5C=CC([C@H]6C(=O)N(C(C)(CC)CC)C(=O)[C@@H]56)[C@@H]4C3=O)cc2C(F)(F)F)c(C(F)(F)F)c1. The van der Waals surface area contributed by atoms with E-state index in [9.17, 15) is 45.5 Å². The van der Waals surface area contributed by atoms with Gasteiger partial charge in [0.05, 0.1) is 40.5 Å². The molecule has 7 rings (SSSR count). The average molecular weight is 703 g/mol. The van der Waals surface area contributed by atoms with Crippen LogP contribution in [0.1, 0.15) is 83.9 Å². The third kappa shape index (κ3) is 5.05. The normalized spacial score (nSPS) is 26.7. The third-order valence-corrected chi connectivity index (χ3v) is 12.5. The number of halogens is 6. The molecule has 3 aliphatic carbocycles. The van der Waals surface area contributed by atoms with Crippen LogP contribution in [0.2, 0.25) is 0 Å². The van der Waals surface area contributed by atoms with Gasteiger partial charge in [-0.05, 0) is 72.9 Å². The van der Waals surface area contributed by atoms with Crippen LogP contribution < -0.4 is 4.90 Å². The fourth-order valence-electron chi connectivity index (χ4n) is 8.77. The molecule has 2 unspecified atom stereocenters. The Balaban J connectivity index is 1.41. The number of rotatable bonds is 8. The molecule has 0 N–H and O–H groups in total. The Bertz CT molecular complexity index is 1750. The van der Waals surface area contributed by atoms with Crippen molar-refractivity contribution < 1.29 is 45.5 Å². The first kappa shape index (κ1) is 35.9. The van der Waals surface area contributed by atoms with E-state index in [4.69, 9.17) is 0 Å². The van der Waals surface area contributed by atoms with Crippen LogP contribution in [-0.2, 0) is 36.9 Å². The summed E-state index contributed by atoms with van der Waals surface area (Å²) in [6.45, 7) is 11.0. The lowest BCUT2D eigenvalue weighted by atomic mass is 9.54. The molecular formula is C38H40F6N2O4. The van der Waals surface area contributed by atoms with Crippen LogP contribution in [0.4, 0.5) is 32.0 Å². The summed E-state index contributed by atoms with van der Waals surface area (Å²) in [4.78, 5) is 57.6. The van der Waals surface area contributed by atoms with E-state index in [1.165, 1.54) is 11.0 Å². The lowest BCUT2D eigenvalue weighted by Gasteiger charge is -2.44. The highest BCUT2D eigenvalue weighted by Gasteiger charge is 2.69. The summed E-state index contributed by atoms with van der Waals surface area (Å²) in [7, 11) is 0. The molecule has 5 aliphatic rings. The number of likely N-dealkylation sites (tertiary alicyclic amines) is 1. The van der Waals surface area contributed by atoms with Gasteiger partial charge in [-0.2, -0.15) is 26.3 Å². The largest absolute Gasteiger partial charge is 0.417 e. The zero-order chi connectivity index (χ0) is 36.9. The molecule has 4 amide bonds. The van der Waals surface area contributed by atoms with Crippen LogP contribution in [0.3, 0.4) is 0 Å². The van der Waals surface area contributed by atoms with Crippen LogP contribution in [-0.4, -0.2) is 34.1 Å². The van der Waals surface area contributed by atoms with Gasteiger partial charge >= 0.3 is 12.4 Å². The highest BCUT2D eigenvalue weighted by Crippen LogP contribution is 2.59. The maximum atomic E-state index is 14.7. The van der Waals surface area contributed by atoms with Crippen molar-refractivity contribution >= 4 is 29.3 Å². The fourth-order valence-corrected chi connectivity index (χ4v) is 8.77. The number of nitrogens with zero attached hydrogens (tertiary/aromatic N) is 2. The van der Waals surface area contributed by atoms with Crippen LogP contribution in [0, 0.1) is 35.5 Å². The fraction of sp³-hybridized carbons (Fsp3) is 0.526. The number of amides is 4. The van der Waals surface area contributed by atoms with Gasteiger partial charge in [-0.25, -0.2) is 0 Å². The van der Waals surface area contributed by atoms with E-state index in [1.807, 2.05) is 34.6 Å². The quantitative estimate of drug-likeness (QED) is 0.157. The number of carbonyl (C=O) groups excluding carboxylic acids is 4. The number of hydrogen-bond acceptors (Lipinski definition) is 4. The standard InChI is InChI=1S/C38H40F6N2O4/c1-7-35(5,8-2)19-11-13-21(25(17-19)37(39,40)41)22-14-12-20(18-26(22)38(42,43)44)45-31(47)27-23-15-16-24(28(27)32(45)48)30-29(23)33(49)46(34(30)50)36(6,9-3)10-4/h11-18,23-24,27-30H,7-10H2,1-6H3/t23?,24?,27-,28+,29+,30-. The van der Waals surface area contributed by atoms with E-state index in [2.05, 4.69) is 0 Å². The average Bonchev–Trinajstić information content (AvgIpc) is 3.53. The number of benzene rings is 2. The van der Waals surface area contributed by atoms with Crippen molar-refractivity contribution in [2.24, 2.45) is 35.5 Å². The minimum Gasteiger partial charge on any atom is -0.276 e. The maximum Gasteiger partial charge on any atom is 0.417 e. The monoisotopic (exact) mass is 702 g/mol. The van der Waals surface area contributed by atoms with Gasteiger partial charge in [-0.3, -0.25) is 29.0 Å². The summed E-state index contributed by atoms with van der Waals surface area (Å²) in [5, 5.41) is 0. The van der Waals surface area contributed by atoms with E-state index < -0.39 is 110 Å². The summed E-state index contributed by atoms with van der Waals surface area (Å²) in [6, 6.07) is 5.83. The first-order chi connectivity index (χ1) is 23.3. The van der Waals surface area contributed by atoms with E-state index >= 15 is 0 Å². The Morgan fingerprint density at radius 1 is 0.580 bits per heavy atom. The van der Waals surface area contributed by atoms with E-state index in [1.54, 1.807) is 19.1 Å². The van der Waals surface area contributed by atoms with Gasteiger partial charge in [0.1, 0.15) is 0 Å². The van der Waals surface area contributed by atoms with Gasteiger partial charge in [-0.1, -0.05) is 65.0 Å². The molecule has 0 aromatic heterocycles. The zero-order valence-corrected chi connectivity index (χ0v) is 28.7. The Hall–Kier alpha value is -3.96. The summed E-state index contributed by atoms with van der Waals surface area (Å²) in [6.07, 6.45) is -4.77. The van der Waals surface area contributed by atoms with E-state index in [-0.39, 0.29) is 0 Å². The molecule has 50 heavy (non-hydrogen) atoms. The number of carbonyl (C=O) groups is 4. The topological polar surface area (TPSA) is 74.8 Å². The van der Waals surface area contributed by atoms with Gasteiger partial charge in [0, 0.05) is 17.4 Å².